The Morgan fingerprint density at radius 1 is 0.923 bits per heavy atom. The first-order chi connectivity index (χ1) is 12.6. The van der Waals surface area contributed by atoms with Crippen LogP contribution < -0.4 is 10.1 Å². The van der Waals surface area contributed by atoms with Crippen LogP contribution >= 0.6 is 0 Å². The summed E-state index contributed by atoms with van der Waals surface area (Å²) in [6, 6.07) is 20.6. The van der Waals surface area contributed by atoms with Gasteiger partial charge in [0.05, 0.1) is 0 Å². The summed E-state index contributed by atoms with van der Waals surface area (Å²) >= 11 is 0. The number of para-hydroxylation sites is 1. The van der Waals surface area contributed by atoms with Crippen LogP contribution in [0.3, 0.4) is 0 Å². The van der Waals surface area contributed by atoms with Gasteiger partial charge in [-0.15, -0.1) is 0 Å². The third kappa shape index (κ3) is 4.83. The third-order valence-corrected chi connectivity index (χ3v) is 3.93. The number of hydrogen-bond acceptors (Lipinski definition) is 3. The number of carbonyl (C=O) groups is 2. The largest absolute Gasteiger partial charge is 0.484 e. The van der Waals surface area contributed by atoms with Crippen molar-refractivity contribution >= 4 is 28.3 Å². The highest BCUT2D eigenvalue weighted by Crippen LogP contribution is 2.23. The van der Waals surface area contributed by atoms with Gasteiger partial charge in [0, 0.05) is 12.1 Å². The minimum absolute atomic E-state index is 0.0842. The Kier molecular flexibility index (Phi) is 5.49. The van der Waals surface area contributed by atoms with E-state index < -0.39 is 5.97 Å². The molecule has 0 spiro atoms. The molecule has 26 heavy (non-hydrogen) atoms. The zero-order valence-corrected chi connectivity index (χ0v) is 14.1. The molecule has 3 aromatic carbocycles. The number of carbonyl (C=O) groups excluding carboxylic acids is 1. The number of benzene rings is 3. The Labute approximate surface area is 151 Å². The molecule has 0 heterocycles. The van der Waals surface area contributed by atoms with Crippen molar-refractivity contribution in [3.05, 3.63) is 72.3 Å². The highest BCUT2D eigenvalue weighted by molar-refractivity contribution is 5.92. The van der Waals surface area contributed by atoms with Crippen LogP contribution in [0.2, 0.25) is 0 Å². The molecule has 5 nitrogen and oxygen atoms in total. The number of amides is 1. The van der Waals surface area contributed by atoms with Crippen molar-refractivity contribution in [2.75, 3.05) is 11.9 Å². The molecule has 0 aliphatic carbocycles. The number of hydrogen-bond donors (Lipinski definition) is 2. The molecule has 3 aromatic rings. The summed E-state index contributed by atoms with van der Waals surface area (Å²) in [4.78, 5) is 22.7. The second-order valence-corrected chi connectivity index (χ2v) is 5.94. The van der Waals surface area contributed by atoms with E-state index >= 15 is 0 Å². The van der Waals surface area contributed by atoms with Crippen LogP contribution in [-0.2, 0) is 16.0 Å². The van der Waals surface area contributed by atoms with Crippen molar-refractivity contribution in [3.8, 4) is 5.75 Å². The van der Waals surface area contributed by atoms with E-state index in [0.29, 0.717) is 12.2 Å². The van der Waals surface area contributed by atoms with Crippen LogP contribution in [0.25, 0.3) is 10.8 Å². The van der Waals surface area contributed by atoms with E-state index in [1.165, 1.54) is 0 Å². The lowest BCUT2D eigenvalue weighted by atomic mass is 10.0. The molecule has 0 saturated heterocycles. The molecule has 0 bridgehead atoms. The summed E-state index contributed by atoms with van der Waals surface area (Å²) in [5.74, 6) is -0.450. The number of carboxylic acid groups (broad SMARTS) is 1. The monoisotopic (exact) mass is 349 g/mol. The van der Waals surface area contributed by atoms with Crippen LogP contribution in [0.5, 0.6) is 5.75 Å². The molecule has 0 aliphatic heterocycles. The number of aryl methyl sites for hydroxylation is 1. The molecule has 0 fully saturated rings. The molecule has 5 heteroatoms. The fourth-order valence-electron chi connectivity index (χ4n) is 2.64. The van der Waals surface area contributed by atoms with Crippen LogP contribution in [0.15, 0.2) is 66.7 Å². The second kappa shape index (κ2) is 8.16. The standard InChI is InChI=1S/C21H19NO4/c23-20(22-18-4-2-1-3-5-18)14-26-19-10-9-16-8-6-15(7-11-21(24)25)12-17(16)13-19/h1-6,8-10,12-13H,7,11,14H2,(H,22,23)(H,24,25). The first-order valence-corrected chi connectivity index (χ1v) is 8.32. The van der Waals surface area contributed by atoms with E-state index in [2.05, 4.69) is 5.32 Å². The molecule has 1 amide bonds. The quantitative estimate of drug-likeness (QED) is 0.679. The van der Waals surface area contributed by atoms with Crippen molar-refractivity contribution in [1.29, 1.82) is 0 Å². The van der Waals surface area contributed by atoms with E-state index in [4.69, 9.17) is 9.84 Å². The average molecular weight is 349 g/mol. The van der Waals surface area contributed by atoms with Gasteiger partial charge < -0.3 is 15.2 Å². The molecular formula is C21H19NO4. The van der Waals surface area contributed by atoms with Crippen LogP contribution in [0.1, 0.15) is 12.0 Å². The van der Waals surface area contributed by atoms with Gasteiger partial charge in [-0.1, -0.05) is 42.5 Å². The molecule has 2 N–H and O–H groups in total. The maximum Gasteiger partial charge on any atom is 0.303 e. The molecule has 0 radical (unpaired) electrons. The number of rotatable bonds is 7. The lowest BCUT2D eigenvalue weighted by Crippen LogP contribution is -2.20. The summed E-state index contributed by atoms with van der Waals surface area (Å²) in [6.45, 7) is -0.0842. The van der Waals surface area contributed by atoms with Gasteiger partial charge in [0.15, 0.2) is 6.61 Å². The summed E-state index contributed by atoms with van der Waals surface area (Å²) in [6.07, 6.45) is 0.581. The van der Waals surface area contributed by atoms with E-state index in [1.807, 2.05) is 66.7 Å². The highest BCUT2D eigenvalue weighted by Gasteiger charge is 2.05. The first-order valence-electron chi connectivity index (χ1n) is 8.32. The first kappa shape index (κ1) is 17.5. The van der Waals surface area contributed by atoms with Gasteiger partial charge in [0.2, 0.25) is 0 Å². The normalized spacial score (nSPS) is 10.5. The smallest absolute Gasteiger partial charge is 0.303 e. The van der Waals surface area contributed by atoms with Gasteiger partial charge in [-0.25, -0.2) is 0 Å². The Morgan fingerprint density at radius 2 is 1.69 bits per heavy atom. The number of nitrogens with one attached hydrogen (secondary N) is 1. The summed E-state index contributed by atoms with van der Waals surface area (Å²) in [7, 11) is 0. The zero-order valence-electron chi connectivity index (χ0n) is 14.1. The Morgan fingerprint density at radius 3 is 2.46 bits per heavy atom. The van der Waals surface area contributed by atoms with Crippen molar-refractivity contribution in [2.45, 2.75) is 12.8 Å². The Bertz CT molecular complexity index is 922. The Hall–Kier alpha value is -3.34. The van der Waals surface area contributed by atoms with Crippen molar-refractivity contribution in [3.63, 3.8) is 0 Å². The number of ether oxygens (including phenoxy) is 1. The van der Waals surface area contributed by atoms with E-state index in [1.54, 1.807) is 0 Å². The van der Waals surface area contributed by atoms with E-state index in [9.17, 15) is 9.59 Å². The third-order valence-electron chi connectivity index (χ3n) is 3.93. The van der Waals surface area contributed by atoms with Gasteiger partial charge in [0.25, 0.3) is 5.91 Å². The van der Waals surface area contributed by atoms with E-state index in [-0.39, 0.29) is 18.9 Å². The van der Waals surface area contributed by atoms with E-state index in [0.717, 1.165) is 22.0 Å². The predicted octanol–water partition coefficient (Wildman–Crippen LogP) is 3.87. The average Bonchev–Trinajstić information content (AvgIpc) is 2.65. The van der Waals surface area contributed by atoms with Crippen LogP contribution in [-0.4, -0.2) is 23.6 Å². The molecular weight excluding hydrogens is 330 g/mol. The topological polar surface area (TPSA) is 75.6 Å². The lowest BCUT2D eigenvalue weighted by Gasteiger charge is -2.09. The van der Waals surface area contributed by atoms with Crippen molar-refractivity contribution in [1.82, 2.24) is 0 Å². The predicted molar refractivity (Wildman–Crippen MR) is 100 cm³/mol. The Balaban J connectivity index is 1.64. The summed E-state index contributed by atoms with van der Waals surface area (Å²) in [5.41, 5.74) is 1.68. The molecule has 0 aliphatic rings. The van der Waals surface area contributed by atoms with Crippen molar-refractivity contribution < 1.29 is 19.4 Å². The maximum absolute atomic E-state index is 12.0. The number of fused-ring (bicyclic) bond motifs is 1. The minimum atomic E-state index is -0.813. The molecule has 0 aromatic heterocycles. The lowest BCUT2D eigenvalue weighted by molar-refractivity contribution is -0.137. The van der Waals surface area contributed by atoms with Gasteiger partial charge >= 0.3 is 5.97 Å². The summed E-state index contributed by atoms with van der Waals surface area (Å²) in [5, 5.41) is 13.6. The number of carboxylic acids is 1. The highest BCUT2D eigenvalue weighted by atomic mass is 16.5. The molecule has 0 saturated carbocycles. The molecule has 132 valence electrons. The van der Waals surface area contributed by atoms with Gasteiger partial charge in [-0.3, -0.25) is 9.59 Å². The van der Waals surface area contributed by atoms with Gasteiger partial charge in [-0.2, -0.15) is 0 Å². The maximum atomic E-state index is 12.0. The fraction of sp³-hybridized carbons (Fsp3) is 0.143. The zero-order chi connectivity index (χ0) is 18.4. The minimum Gasteiger partial charge on any atom is -0.484 e. The number of anilines is 1. The second-order valence-electron chi connectivity index (χ2n) is 5.94. The van der Waals surface area contributed by atoms with Gasteiger partial charge in [-0.05, 0) is 47.0 Å². The van der Waals surface area contributed by atoms with Crippen LogP contribution in [0.4, 0.5) is 5.69 Å². The van der Waals surface area contributed by atoms with Crippen LogP contribution in [0, 0.1) is 0 Å². The SMILES string of the molecule is O=C(O)CCc1ccc2ccc(OCC(=O)Nc3ccccc3)cc2c1. The van der Waals surface area contributed by atoms with Gasteiger partial charge in [0.1, 0.15) is 5.75 Å². The molecule has 3 rings (SSSR count). The molecule has 0 atom stereocenters. The number of aliphatic carboxylic acids is 1. The van der Waals surface area contributed by atoms with Crippen molar-refractivity contribution in [2.24, 2.45) is 0 Å². The fourth-order valence-corrected chi connectivity index (χ4v) is 2.64. The summed E-state index contributed by atoms with van der Waals surface area (Å²) < 4.78 is 5.58. The molecule has 0 unspecified atom stereocenters.